The molecule has 1 spiro atoms. The Morgan fingerprint density at radius 3 is 2.50 bits per heavy atom. The molecule has 2 heterocycles. The van der Waals surface area contributed by atoms with E-state index in [4.69, 9.17) is 0 Å². The van der Waals surface area contributed by atoms with E-state index < -0.39 is 0 Å². The predicted molar refractivity (Wildman–Crippen MR) is 93.3 cm³/mol. The maximum absolute atomic E-state index is 4.54. The van der Waals surface area contributed by atoms with Gasteiger partial charge >= 0.3 is 0 Å². The van der Waals surface area contributed by atoms with Crippen LogP contribution in [0.5, 0.6) is 0 Å². The second kappa shape index (κ2) is 7.20. The quantitative estimate of drug-likeness (QED) is 0.640. The number of hydrogen-bond donors (Lipinski definition) is 1. The van der Waals surface area contributed by atoms with Crippen LogP contribution in [-0.2, 0) is 0 Å². The van der Waals surface area contributed by atoms with E-state index in [0.717, 1.165) is 18.4 Å². The Balaban J connectivity index is 1.41. The van der Waals surface area contributed by atoms with Crippen molar-refractivity contribution in [3.63, 3.8) is 0 Å². The Kier molecular flexibility index (Phi) is 5.27. The summed E-state index contributed by atoms with van der Waals surface area (Å²) < 4.78 is 0. The zero-order valence-corrected chi connectivity index (χ0v) is 14.6. The highest BCUT2D eigenvalue weighted by molar-refractivity contribution is 5.80. The average molecular weight is 306 g/mol. The summed E-state index contributed by atoms with van der Waals surface area (Å²) >= 11 is 0. The molecule has 4 nitrogen and oxygen atoms in total. The average Bonchev–Trinajstić information content (AvgIpc) is 2.96. The molecular weight excluding hydrogens is 272 g/mol. The third-order valence-corrected chi connectivity index (χ3v) is 6.16. The van der Waals surface area contributed by atoms with Crippen LogP contribution in [0.2, 0.25) is 0 Å². The topological polar surface area (TPSA) is 30.9 Å². The maximum Gasteiger partial charge on any atom is 0.193 e. The lowest BCUT2D eigenvalue weighted by Gasteiger charge is -2.38. The van der Waals surface area contributed by atoms with Gasteiger partial charge in [0.25, 0.3) is 0 Å². The van der Waals surface area contributed by atoms with E-state index in [-0.39, 0.29) is 0 Å². The van der Waals surface area contributed by atoms with Crippen LogP contribution in [0.15, 0.2) is 4.99 Å². The molecule has 0 atom stereocenters. The van der Waals surface area contributed by atoms with E-state index in [2.05, 4.69) is 27.0 Å². The van der Waals surface area contributed by atoms with E-state index in [1.807, 2.05) is 7.05 Å². The minimum Gasteiger partial charge on any atom is -0.356 e. The van der Waals surface area contributed by atoms with Gasteiger partial charge in [0.05, 0.1) is 0 Å². The van der Waals surface area contributed by atoms with Crippen molar-refractivity contribution in [3.8, 4) is 0 Å². The monoisotopic (exact) mass is 306 g/mol. The van der Waals surface area contributed by atoms with Crippen LogP contribution in [-0.4, -0.2) is 62.1 Å². The summed E-state index contributed by atoms with van der Waals surface area (Å²) in [7, 11) is 1.94. The lowest BCUT2D eigenvalue weighted by molar-refractivity contribution is 0.151. The summed E-state index contributed by atoms with van der Waals surface area (Å²) in [6, 6.07) is 0. The third kappa shape index (κ3) is 3.58. The Morgan fingerprint density at radius 2 is 1.95 bits per heavy atom. The molecule has 0 aromatic carbocycles. The molecule has 0 amide bonds. The molecule has 0 unspecified atom stereocenters. The van der Waals surface area contributed by atoms with E-state index in [9.17, 15) is 0 Å². The molecule has 0 radical (unpaired) electrons. The van der Waals surface area contributed by atoms with Gasteiger partial charge in [-0.1, -0.05) is 13.3 Å². The lowest BCUT2D eigenvalue weighted by Crippen LogP contribution is -2.45. The van der Waals surface area contributed by atoms with Gasteiger partial charge in [-0.2, -0.15) is 0 Å². The number of aliphatic imine (C=N–C) groups is 1. The summed E-state index contributed by atoms with van der Waals surface area (Å²) in [6.07, 6.45) is 9.67. The highest BCUT2D eigenvalue weighted by Gasteiger charge is 2.43. The van der Waals surface area contributed by atoms with Crippen LogP contribution in [0, 0.1) is 11.3 Å². The molecule has 3 aliphatic rings. The van der Waals surface area contributed by atoms with Crippen LogP contribution in [0.4, 0.5) is 0 Å². The molecule has 1 aliphatic carbocycles. The van der Waals surface area contributed by atoms with Crippen molar-refractivity contribution in [2.75, 3.05) is 46.3 Å². The van der Waals surface area contributed by atoms with Crippen molar-refractivity contribution in [1.29, 1.82) is 0 Å². The van der Waals surface area contributed by atoms with Crippen molar-refractivity contribution in [3.05, 3.63) is 0 Å². The van der Waals surface area contributed by atoms with E-state index in [1.54, 1.807) is 0 Å². The number of rotatable bonds is 4. The first-order valence-corrected chi connectivity index (χ1v) is 9.43. The fraction of sp³-hybridized carbons (Fsp3) is 0.944. The van der Waals surface area contributed by atoms with Gasteiger partial charge in [0.1, 0.15) is 0 Å². The number of likely N-dealkylation sites (tertiary alicyclic amines) is 2. The molecule has 0 aromatic rings. The molecule has 0 aromatic heterocycles. The second-order valence-electron chi connectivity index (χ2n) is 7.74. The van der Waals surface area contributed by atoms with Crippen LogP contribution in [0.3, 0.4) is 0 Å². The molecule has 2 saturated heterocycles. The third-order valence-electron chi connectivity index (χ3n) is 6.16. The van der Waals surface area contributed by atoms with E-state index in [1.165, 1.54) is 77.7 Å². The molecular formula is C18H34N4. The highest BCUT2D eigenvalue weighted by atomic mass is 15.3. The van der Waals surface area contributed by atoms with Gasteiger partial charge in [-0.25, -0.2) is 0 Å². The number of piperidine rings is 1. The molecule has 3 rings (SSSR count). The van der Waals surface area contributed by atoms with Gasteiger partial charge in [0, 0.05) is 26.7 Å². The minimum atomic E-state index is 0.656. The van der Waals surface area contributed by atoms with Crippen molar-refractivity contribution in [1.82, 2.24) is 15.1 Å². The Labute approximate surface area is 136 Å². The zero-order valence-electron chi connectivity index (χ0n) is 14.6. The largest absolute Gasteiger partial charge is 0.356 e. The predicted octanol–water partition coefficient (Wildman–Crippen LogP) is 2.56. The first-order valence-electron chi connectivity index (χ1n) is 9.43. The van der Waals surface area contributed by atoms with Gasteiger partial charge in [0.2, 0.25) is 0 Å². The smallest absolute Gasteiger partial charge is 0.193 e. The molecule has 1 saturated carbocycles. The number of nitrogens with zero attached hydrogens (tertiary/aromatic N) is 3. The zero-order chi connectivity index (χ0) is 15.4. The van der Waals surface area contributed by atoms with Gasteiger partial charge in [0.15, 0.2) is 5.96 Å². The highest BCUT2D eigenvalue weighted by Crippen LogP contribution is 2.47. The fourth-order valence-corrected chi connectivity index (χ4v) is 4.50. The van der Waals surface area contributed by atoms with Crippen LogP contribution < -0.4 is 5.32 Å². The maximum atomic E-state index is 4.54. The van der Waals surface area contributed by atoms with Gasteiger partial charge in [-0.15, -0.1) is 0 Å². The molecule has 4 heteroatoms. The summed E-state index contributed by atoms with van der Waals surface area (Å²) in [5.41, 5.74) is 0.656. The number of guanidine groups is 1. The SMILES string of the molecule is CCCN1CCC(CNC(=NC)N2CCC3(CCC3)C2)CC1. The molecule has 22 heavy (non-hydrogen) atoms. The van der Waals surface area contributed by atoms with Gasteiger partial charge in [-0.05, 0) is 69.5 Å². The van der Waals surface area contributed by atoms with Crippen molar-refractivity contribution in [2.24, 2.45) is 16.3 Å². The van der Waals surface area contributed by atoms with Crippen molar-refractivity contribution >= 4 is 5.96 Å². The molecule has 2 aliphatic heterocycles. The molecule has 126 valence electrons. The Bertz CT molecular complexity index is 381. The van der Waals surface area contributed by atoms with Crippen molar-refractivity contribution in [2.45, 2.75) is 51.9 Å². The van der Waals surface area contributed by atoms with Crippen LogP contribution >= 0.6 is 0 Å². The van der Waals surface area contributed by atoms with E-state index in [0.29, 0.717) is 5.41 Å². The summed E-state index contributed by atoms with van der Waals surface area (Å²) in [6.45, 7) is 9.67. The Hall–Kier alpha value is -0.770. The summed E-state index contributed by atoms with van der Waals surface area (Å²) in [4.78, 5) is 9.67. The fourth-order valence-electron chi connectivity index (χ4n) is 4.50. The second-order valence-corrected chi connectivity index (χ2v) is 7.74. The number of hydrogen-bond acceptors (Lipinski definition) is 2. The number of nitrogens with one attached hydrogen (secondary N) is 1. The van der Waals surface area contributed by atoms with E-state index >= 15 is 0 Å². The normalized spacial score (nSPS) is 26.5. The first-order chi connectivity index (χ1) is 10.7. The first kappa shape index (κ1) is 16.1. The Morgan fingerprint density at radius 1 is 1.18 bits per heavy atom. The standard InChI is InChI=1S/C18H34N4/c1-3-10-21-11-5-16(6-12-21)14-20-17(19-2)22-13-9-18(15-22)7-4-8-18/h16H,3-15H2,1-2H3,(H,19,20). The molecule has 0 bridgehead atoms. The van der Waals surface area contributed by atoms with Crippen LogP contribution in [0.1, 0.15) is 51.9 Å². The summed E-state index contributed by atoms with van der Waals surface area (Å²) in [5, 5.41) is 3.67. The van der Waals surface area contributed by atoms with Crippen molar-refractivity contribution < 1.29 is 0 Å². The summed E-state index contributed by atoms with van der Waals surface area (Å²) in [5.74, 6) is 1.98. The molecule has 3 fully saturated rings. The lowest BCUT2D eigenvalue weighted by atomic mass is 9.68. The van der Waals surface area contributed by atoms with Gasteiger partial charge in [-0.3, -0.25) is 4.99 Å². The van der Waals surface area contributed by atoms with Gasteiger partial charge < -0.3 is 15.1 Å². The molecule has 1 N–H and O–H groups in total. The van der Waals surface area contributed by atoms with Crippen LogP contribution in [0.25, 0.3) is 0 Å². The minimum absolute atomic E-state index is 0.656.